The Bertz CT molecular complexity index is 822. The largest absolute Gasteiger partial charge is 0.370 e. The average Bonchev–Trinajstić information content (AvgIpc) is 2.73. The van der Waals surface area contributed by atoms with Crippen LogP contribution in [0.4, 0.5) is 5.69 Å². The van der Waals surface area contributed by atoms with Crippen LogP contribution in [0.15, 0.2) is 54.6 Å². The van der Waals surface area contributed by atoms with E-state index in [2.05, 4.69) is 48.3 Å². The Morgan fingerprint density at radius 2 is 1.93 bits per heavy atom. The summed E-state index contributed by atoms with van der Waals surface area (Å²) < 4.78 is 0. The van der Waals surface area contributed by atoms with Crippen LogP contribution in [0.2, 0.25) is 0 Å². The van der Waals surface area contributed by atoms with Gasteiger partial charge in [-0.15, -0.1) is 0 Å². The van der Waals surface area contributed by atoms with Gasteiger partial charge in [0, 0.05) is 38.3 Å². The van der Waals surface area contributed by atoms with Crippen molar-refractivity contribution < 1.29 is 9.59 Å². The molecule has 5 heteroatoms. The van der Waals surface area contributed by atoms with Gasteiger partial charge in [0.25, 0.3) is 0 Å². The van der Waals surface area contributed by atoms with E-state index in [1.165, 1.54) is 5.56 Å². The van der Waals surface area contributed by atoms with Gasteiger partial charge in [-0.05, 0) is 49.9 Å². The number of rotatable bonds is 8. The van der Waals surface area contributed by atoms with Gasteiger partial charge in [-0.25, -0.2) is 0 Å². The second-order valence-electron chi connectivity index (χ2n) is 7.57. The average molecular weight is 394 g/mol. The van der Waals surface area contributed by atoms with Gasteiger partial charge in [0.05, 0.1) is 0 Å². The highest BCUT2D eigenvalue weighted by atomic mass is 16.2. The number of hydrogen-bond acceptors (Lipinski definition) is 3. The first-order valence-electron chi connectivity index (χ1n) is 10.5. The first-order chi connectivity index (χ1) is 14.1. The standard InChI is InChI=1S/C24H31N3O2/c1-3-26(21-13-9-10-19(2)18-21)17-15-25-24(29)23(20-11-5-4-6-12-20)27-16-8-7-14-22(27)28/h4-6,9-13,18,23H,3,7-8,14-17H2,1-2H3,(H,25,29). The third-order valence-corrected chi connectivity index (χ3v) is 5.46. The van der Waals surface area contributed by atoms with E-state index < -0.39 is 6.04 Å². The minimum absolute atomic E-state index is 0.0650. The number of aryl methyl sites for hydroxylation is 1. The predicted octanol–water partition coefficient (Wildman–Crippen LogP) is 3.69. The zero-order valence-corrected chi connectivity index (χ0v) is 17.4. The molecule has 0 radical (unpaired) electrons. The van der Waals surface area contributed by atoms with Gasteiger partial charge >= 0.3 is 0 Å². The molecule has 2 amide bonds. The maximum absolute atomic E-state index is 13.1. The monoisotopic (exact) mass is 393 g/mol. The van der Waals surface area contributed by atoms with Crippen LogP contribution in [0.3, 0.4) is 0 Å². The summed E-state index contributed by atoms with van der Waals surface area (Å²) in [7, 11) is 0. The molecule has 1 unspecified atom stereocenters. The van der Waals surface area contributed by atoms with Gasteiger partial charge in [-0.2, -0.15) is 0 Å². The van der Waals surface area contributed by atoms with Crippen LogP contribution < -0.4 is 10.2 Å². The van der Waals surface area contributed by atoms with Gasteiger partial charge < -0.3 is 15.1 Å². The fourth-order valence-electron chi connectivity index (χ4n) is 3.91. The first-order valence-corrected chi connectivity index (χ1v) is 10.5. The van der Waals surface area contributed by atoms with Crippen LogP contribution >= 0.6 is 0 Å². The van der Waals surface area contributed by atoms with E-state index in [1.54, 1.807) is 4.90 Å². The molecular formula is C24H31N3O2. The van der Waals surface area contributed by atoms with E-state index >= 15 is 0 Å². The van der Waals surface area contributed by atoms with E-state index in [1.807, 2.05) is 30.3 Å². The lowest BCUT2D eigenvalue weighted by Gasteiger charge is -2.34. The molecule has 5 nitrogen and oxygen atoms in total. The Hall–Kier alpha value is -2.82. The SMILES string of the molecule is CCN(CCNC(=O)C(c1ccccc1)N1CCCCC1=O)c1cccc(C)c1. The number of likely N-dealkylation sites (tertiary alicyclic amines) is 1. The minimum atomic E-state index is -0.557. The smallest absolute Gasteiger partial charge is 0.247 e. The van der Waals surface area contributed by atoms with Crippen molar-refractivity contribution in [1.82, 2.24) is 10.2 Å². The second kappa shape index (κ2) is 10.1. The van der Waals surface area contributed by atoms with Gasteiger partial charge in [0.15, 0.2) is 0 Å². The van der Waals surface area contributed by atoms with E-state index in [0.717, 1.165) is 37.2 Å². The fourth-order valence-corrected chi connectivity index (χ4v) is 3.91. The summed E-state index contributed by atoms with van der Waals surface area (Å²) in [5.41, 5.74) is 3.25. The van der Waals surface area contributed by atoms with Gasteiger partial charge in [-0.3, -0.25) is 9.59 Å². The zero-order valence-electron chi connectivity index (χ0n) is 17.4. The summed E-state index contributed by atoms with van der Waals surface area (Å²) in [5.74, 6) is -0.0399. The highest BCUT2D eigenvalue weighted by Crippen LogP contribution is 2.25. The van der Waals surface area contributed by atoms with Crippen molar-refractivity contribution in [2.45, 2.75) is 39.2 Å². The highest BCUT2D eigenvalue weighted by Gasteiger charge is 2.32. The number of piperidine rings is 1. The minimum Gasteiger partial charge on any atom is -0.370 e. The van der Waals surface area contributed by atoms with Crippen molar-refractivity contribution in [2.75, 3.05) is 31.1 Å². The van der Waals surface area contributed by atoms with Crippen LogP contribution in [0.25, 0.3) is 0 Å². The molecule has 154 valence electrons. The fraction of sp³-hybridized carbons (Fsp3) is 0.417. The summed E-state index contributed by atoms with van der Waals surface area (Å²) >= 11 is 0. The Labute approximate surface area is 173 Å². The molecule has 1 aliphatic heterocycles. The Morgan fingerprint density at radius 3 is 2.62 bits per heavy atom. The van der Waals surface area contributed by atoms with E-state index in [4.69, 9.17) is 0 Å². The van der Waals surface area contributed by atoms with E-state index in [9.17, 15) is 9.59 Å². The maximum Gasteiger partial charge on any atom is 0.247 e. The number of hydrogen-bond donors (Lipinski definition) is 1. The Balaban J connectivity index is 1.67. The molecule has 1 atom stereocenters. The molecule has 29 heavy (non-hydrogen) atoms. The van der Waals surface area contributed by atoms with Crippen LogP contribution in [0, 0.1) is 6.92 Å². The zero-order chi connectivity index (χ0) is 20.6. The summed E-state index contributed by atoms with van der Waals surface area (Å²) in [6.45, 7) is 6.96. The van der Waals surface area contributed by atoms with Crippen molar-refractivity contribution in [3.05, 3.63) is 65.7 Å². The summed E-state index contributed by atoms with van der Waals surface area (Å²) in [5, 5.41) is 3.07. The summed E-state index contributed by atoms with van der Waals surface area (Å²) in [4.78, 5) is 29.6. The molecule has 0 aromatic heterocycles. The van der Waals surface area contributed by atoms with E-state index in [-0.39, 0.29) is 11.8 Å². The van der Waals surface area contributed by atoms with Crippen molar-refractivity contribution in [3.8, 4) is 0 Å². The molecule has 0 saturated carbocycles. The lowest BCUT2D eigenvalue weighted by molar-refractivity contribution is -0.142. The normalized spacial score (nSPS) is 15.1. The quantitative estimate of drug-likeness (QED) is 0.744. The van der Waals surface area contributed by atoms with Gasteiger partial charge in [-0.1, -0.05) is 42.5 Å². The molecule has 0 spiro atoms. The Kier molecular flexibility index (Phi) is 7.28. The van der Waals surface area contributed by atoms with Crippen molar-refractivity contribution >= 4 is 17.5 Å². The molecule has 2 aromatic rings. The molecule has 1 fully saturated rings. The molecule has 1 heterocycles. The Morgan fingerprint density at radius 1 is 1.14 bits per heavy atom. The number of carbonyl (C=O) groups excluding carboxylic acids is 2. The first kappa shape index (κ1) is 20.9. The van der Waals surface area contributed by atoms with Gasteiger partial charge in [0.2, 0.25) is 11.8 Å². The number of benzene rings is 2. The topological polar surface area (TPSA) is 52.7 Å². The van der Waals surface area contributed by atoms with Crippen molar-refractivity contribution in [1.29, 1.82) is 0 Å². The van der Waals surface area contributed by atoms with Crippen LogP contribution in [0.5, 0.6) is 0 Å². The van der Waals surface area contributed by atoms with E-state index in [0.29, 0.717) is 19.5 Å². The molecule has 3 rings (SSSR count). The van der Waals surface area contributed by atoms with Gasteiger partial charge in [0.1, 0.15) is 6.04 Å². The molecular weight excluding hydrogens is 362 g/mol. The van der Waals surface area contributed by atoms with Crippen molar-refractivity contribution in [2.24, 2.45) is 0 Å². The lowest BCUT2D eigenvalue weighted by atomic mass is 10.0. The number of anilines is 1. The number of nitrogens with one attached hydrogen (secondary N) is 1. The predicted molar refractivity (Wildman–Crippen MR) is 117 cm³/mol. The lowest BCUT2D eigenvalue weighted by Crippen LogP contribution is -2.47. The number of amides is 2. The third kappa shape index (κ3) is 5.37. The maximum atomic E-state index is 13.1. The number of carbonyl (C=O) groups is 2. The number of nitrogens with zero attached hydrogens (tertiary/aromatic N) is 2. The highest BCUT2D eigenvalue weighted by molar-refractivity contribution is 5.89. The van der Waals surface area contributed by atoms with Crippen LogP contribution in [-0.4, -0.2) is 42.9 Å². The molecule has 1 N–H and O–H groups in total. The molecule has 0 aliphatic carbocycles. The third-order valence-electron chi connectivity index (χ3n) is 5.46. The van der Waals surface area contributed by atoms with Crippen molar-refractivity contribution in [3.63, 3.8) is 0 Å². The molecule has 0 bridgehead atoms. The summed E-state index contributed by atoms with van der Waals surface area (Å²) in [6, 6.07) is 17.5. The molecule has 2 aromatic carbocycles. The summed E-state index contributed by atoms with van der Waals surface area (Å²) in [6.07, 6.45) is 2.37. The second-order valence-corrected chi connectivity index (χ2v) is 7.57. The van der Waals surface area contributed by atoms with Crippen LogP contribution in [-0.2, 0) is 9.59 Å². The number of likely N-dealkylation sites (N-methyl/N-ethyl adjacent to an activating group) is 1. The molecule has 1 saturated heterocycles. The van der Waals surface area contributed by atoms with Crippen LogP contribution in [0.1, 0.15) is 43.4 Å². The molecule has 1 aliphatic rings.